The molecule has 0 aromatic heterocycles. The maximum absolute atomic E-state index is 11.9. The van der Waals surface area contributed by atoms with E-state index in [0.717, 1.165) is 16.7 Å². The summed E-state index contributed by atoms with van der Waals surface area (Å²) >= 11 is 6.04. The second-order valence-corrected chi connectivity index (χ2v) is 7.59. The summed E-state index contributed by atoms with van der Waals surface area (Å²) in [6, 6.07) is 3.74. The highest BCUT2D eigenvalue weighted by atomic mass is 35.5. The quantitative estimate of drug-likeness (QED) is 0.783. The number of nitrogens with zero attached hydrogens (tertiary/aromatic N) is 1. The van der Waals surface area contributed by atoms with E-state index in [1.165, 1.54) is 0 Å². The van der Waals surface area contributed by atoms with Gasteiger partial charge >= 0.3 is 0 Å². The van der Waals surface area contributed by atoms with Crippen LogP contribution in [0, 0.1) is 0 Å². The maximum Gasteiger partial charge on any atom is 0.144 e. The monoisotopic (exact) mass is 285 g/mol. The molecule has 1 aromatic carbocycles. The smallest absolute Gasteiger partial charge is 0.144 e. The largest absolute Gasteiger partial charge is 0.372 e. The summed E-state index contributed by atoms with van der Waals surface area (Å²) in [5.74, 6) is 0. The Labute approximate surface area is 115 Å². The first-order valence-electron chi connectivity index (χ1n) is 5.73. The molecule has 1 aliphatic rings. The Kier molecular flexibility index (Phi) is 3.90. The van der Waals surface area contributed by atoms with Gasteiger partial charge in [0.05, 0.1) is 18.0 Å². The van der Waals surface area contributed by atoms with Crippen LogP contribution in [0.3, 0.4) is 0 Å². The number of rotatable bonds is 2. The predicted molar refractivity (Wildman–Crippen MR) is 75.4 cm³/mol. The van der Waals surface area contributed by atoms with Gasteiger partial charge in [0, 0.05) is 16.8 Å². The lowest BCUT2D eigenvalue weighted by Gasteiger charge is -2.13. The van der Waals surface area contributed by atoms with Gasteiger partial charge in [-0.2, -0.15) is 4.40 Å². The standard InChI is InChI=1S/C13H16ClNO2S/c1-13(2,3)18(16)15-6-9-4-11(14)5-10-7-17-8-12(9)10/h4-6H,7-8H2,1-3H3. The zero-order valence-corrected chi connectivity index (χ0v) is 12.3. The fourth-order valence-electron chi connectivity index (χ4n) is 1.66. The number of benzene rings is 1. The van der Waals surface area contributed by atoms with Crippen molar-refractivity contribution in [3.05, 3.63) is 33.8 Å². The van der Waals surface area contributed by atoms with Gasteiger partial charge < -0.3 is 4.74 Å². The molecule has 0 saturated heterocycles. The van der Waals surface area contributed by atoms with Crippen molar-refractivity contribution in [3.63, 3.8) is 0 Å². The predicted octanol–water partition coefficient (Wildman–Crippen LogP) is 3.25. The SMILES string of the molecule is CC(C)(C)S(=O)N=Cc1cc(Cl)cc2c1COC2. The lowest BCUT2D eigenvalue weighted by Crippen LogP contribution is -2.19. The van der Waals surface area contributed by atoms with Gasteiger partial charge in [-0.3, -0.25) is 0 Å². The van der Waals surface area contributed by atoms with E-state index in [4.69, 9.17) is 16.3 Å². The Morgan fingerprint density at radius 2 is 2.11 bits per heavy atom. The molecule has 2 rings (SSSR count). The molecule has 1 heterocycles. The maximum atomic E-state index is 11.9. The van der Waals surface area contributed by atoms with Crippen LogP contribution in [0.15, 0.2) is 16.5 Å². The Morgan fingerprint density at radius 3 is 2.78 bits per heavy atom. The Balaban J connectivity index is 2.30. The van der Waals surface area contributed by atoms with Crippen molar-refractivity contribution < 1.29 is 8.95 Å². The molecule has 1 unspecified atom stereocenters. The molecule has 0 saturated carbocycles. The Bertz CT molecular complexity index is 520. The number of hydrogen-bond acceptors (Lipinski definition) is 2. The summed E-state index contributed by atoms with van der Waals surface area (Å²) in [5.41, 5.74) is 3.08. The summed E-state index contributed by atoms with van der Waals surface area (Å²) in [6.45, 7) is 6.83. The van der Waals surface area contributed by atoms with Crippen LogP contribution in [0.4, 0.5) is 0 Å². The Hall–Kier alpha value is -0.710. The van der Waals surface area contributed by atoms with Crippen molar-refractivity contribution >= 4 is 28.8 Å². The molecular weight excluding hydrogens is 270 g/mol. The summed E-state index contributed by atoms with van der Waals surface area (Å²) in [5, 5.41) is 0.655. The molecule has 18 heavy (non-hydrogen) atoms. The van der Waals surface area contributed by atoms with E-state index >= 15 is 0 Å². The van der Waals surface area contributed by atoms with Crippen LogP contribution in [-0.4, -0.2) is 15.2 Å². The molecule has 0 radical (unpaired) electrons. The van der Waals surface area contributed by atoms with Crippen LogP contribution in [0.1, 0.15) is 37.5 Å². The number of fused-ring (bicyclic) bond motifs is 1. The third-order valence-electron chi connectivity index (χ3n) is 2.66. The average Bonchev–Trinajstić information content (AvgIpc) is 2.71. The molecule has 0 bridgehead atoms. The highest BCUT2D eigenvalue weighted by Crippen LogP contribution is 2.26. The number of ether oxygens (including phenoxy) is 1. The van der Waals surface area contributed by atoms with Crippen molar-refractivity contribution in [2.45, 2.75) is 38.7 Å². The summed E-state index contributed by atoms with van der Waals surface area (Å²) in [4.78, 5) is 0. The van der Waals surface area contributed by atoms with Crippen LogP contribution in [0.2, 0.25) is 5.02 Å². The Morgan fingerprint density at radius 1 is 1.39 bits per heavy atom. The van der Waals surface area contributed by atoms with E-state index in [0.29, 0.717) is 18.2 Å². The first-order chi connectivity index (χ1) is 8.38. The molecule has 0 spiro atoms. The molecular formula is C13H16ClNO2S. The third kappa shape index (κ3) is 2.99. The highest BCUT2D eigenvalue weighted by Gasteiger charge is 2.19. The van der Waals surface area contributed by atoms with Gasteiger partial charge in [0.15, 0.2) is 0 Å². The minimum Gasteiger partial charge on any atom is -0.372 e. The minimum absolute atomic E-state index is 0.352. The molecule has 0 N–H and O–H groups in total. The third-order valence-corrected chi connectivity index (χ3v) is 4.22. The number of hydrogen-bond donors (Lipinski definition) is 0. The first kappa shape index (κ1) is 13.7. The van der Waals surface area contributed by atoms with E-state index in [9.17, 15) is 4.21 Å². The van der Waals surface area contributed by atoms with Gasteiger partial charge in [-0.25, -0.2) is 4.21 Å². The normalized spacial score (nSPS) is 17.1. The van der Waals surface area contributed by atoms with Crippen LogP contribution in [0.25, 0.3) is 0 Å². The molecule has 3 nitrogen and oxygen atoms in total. The minimum atomic E-state index is -1.26. The van der Waals surface area contributed by atoms with Crippen LogP contribution in [0.5, 0.6) is 0 Å². The topological polar surface area (TPSA) is 38.7 Å². The van der Waals surface area contributed by atoms with Gasteiger partial charge in [-0.1, -0.05) is 11.6 Å². The van der Waals surface area contributed by atoms with Crippen LogP contribution < -0.4 is 0 Å². The lowest BCUT2D eigenvalue weighted by atomic mass is 10.0. The lowest BCUT2D eigenvalue weighted by molar-refractivity contribution is 0.134. The molecule has 1 aliphatic heterocycles. The van der Waals surface area contributed by atoms with Gasteiger partial charge in [0.1, 0.15) is 11.0 Å². The van der Waals surface area contributed by atoms with E-state index in [2.05, 4.69) is 4.40 Å². The first-order valence-corrected chi connectivity index (χ1v) is 7.21. The second kappa shape index (κ2) is 5.11. The molecule has 0 fully saturated rings. The van der Waals surface area contributed by atoms with Gasteiger partial charge in [0.2, 0.25) is 0 Å². The highest BCUT2D eigenvalue weighted by molar-refractivity contribution is 7.85. The van der Waals surface area contributed by atoms with Crippen molar-refractivity contribution in [1.29, 1.82) is 0 Å². The van der Waals surface area contributed by atoms with Crippen molar-refractivity contribution in [1.82, 2.24) is 0 Å². The molecule has 5 heteroatoms. The van der Waals surface area contributed by atoms with Crippen LogP contribution >= 0.6 is 11.6 Å². The average molecular weight is 286 g/mol. The zero-order chi connectivity index (χ0) is 13.3. The second-order valence-electron chi connectivity index (χ2n) is 5.22. The van der Waals surface area contributed by atoms with E-state index in [-0.39, 0.29) is 4.75 Å². The van der Waals surface area contributed by atoms with Gasteiger partial charge in [-0.15, -0.1) is 0 Å². The molecule has 98 valence electrons. The summed E-state index contributed by atoms with van der Waals surface area (Å²) in [7, 11) is -1.26. The van der Waals surface area contributed by atoms with E-state index < -0.39 is 11.0 Å². The molecule has 0 aliphatic carbocycles. The summed E-state index contributed by atoms with van der Waals surface area (Å²) in [6.07, 6.45) is 1.64. The van der Waals surface area contributed by atoms with E-state index in [1.807, 2.05) is 32.9 Å². The molecule has 0 amide bonds. The van der Waals surface area contributed by atoms with Gasteiger partial charge in [0.25, 0.3) is 0 Å². The molecule has 1 aromatic rings. The fraction of sp³-hybridized carbons (Fsp3) is 0.462. The van der Waals surface area contributed by atoms with E-state index in [1.54, 1.807) is 6.21 Å². The molecule has 1 atom stereocenters. The van der Waals surface area contributed by atoms with Crippen molar-refractivity contribution in [2.24, 2.45) is 4.40 Å². The van der Waals surface area contributed by atoms with Crippen molar-refractivity contribution in [2.75, 3.05) is 0 Å². The summed E-state index contributed by atoms with van der Waals surface area (Å²) < 4.78 is 21.0. The fourth-order valence-corrected chi connectivity index (χ4v) is 2.44. The van der Waals surface area contributed by atoms with Crippen molar-refractivity contribution in [3.8, 4) is 0 Å². The number of halogens is 1. The van der Waals surface area contributed by atoms with Gasteiger partial charge in [-0.05, 0) is 44.0 Å². The van der Waals surface area contributed by atoms with Crippen LogP contribution in [-0.2, 0) is 28.9 Å². The zero-order valence-electron chi connectivity index (χ0n) is 10.7.